The molecule has 2 aromatic carbocycles. The number of nitrogens with one attached hydrogen (secondary N) is 3. The molecular formula is C28H29FN4OS2. The molecule has 0 aromatic heterocycles. The molecule has 0 radical (unpaired) electrons. The maximum atomic E-state index is 13.3. The monoisotopic (exact) mass is 520 g/mol. The lowest BCUT2D eigenvalue weighted by Crippen LogP contribution is -2.25. The number of fused-ring (bicyclic) bond motifs is 3. The summed E-state index contributed by atoms with van der Waals surface area (Å²) in [5.41, 5.74) is 3.94. The summed E-state index contributed by atoms with van der Waals surface area (Å²) in [5, 5.41) is 15.6. The highest BCUT2D eigenvalue weighted by Gasteiger charge is 2.40. The van der Waals surface area contributed by atoms with Crippen molar-refractivity contribution in [2.24, 2.45) is 4.99 Å². The quantitative estimate of drug-likeness (QED) is 0.204. The van der Waals surface area contributed by atoms with Crippen LogP contribution in [-0.4, -0.2) is 28.6 Å². The average Bonchev–Trinajstić information content (AvgIpc) is 3.68. The Labute approximate surface area is 220 Å². The Hall–Kier alpha value is -3.10. The van der Waals surface area contributed by atoms with Gasteiger partial charge in [-0.15, -0.1) is 0 Å². The molecule has 36 heavy (non-hydrogen) atoms. The minimum absolute atomic E-state index is 0.0828. The van der Waals surface area contributed by atoms with Gasteiger partial charge >= 0.3 is 0 Å². The van der Waals surface area contributed by atoms with E-state index in [1.54, 1.807) is 36.0 Å². The first-order valence-electron chi connectivity index (χ1n) is 11.8. The molecule has 1 amide bonds. The first-order chi connectivity index (χ1) is 17.3. The molecule has 2 atom stereocenters. The van der Waals surface area contributed by atoms with Crippen LogP contribution in [0.5, 0.6) is 0 Å². The number of carbonyl (C=O) groups excluding carboxylic acids is 1. The Balaban J connectivity index is 1.27. The third-order valence-corrected chi connectivity index (χ3v) is 7.88. The molecule has 2 unspecified atom stereocenters. The van der Waals surface area contributed by atoms with Crippen molar-refractivity contribution in [3.8, 4) is 0 Å². The van der Waals surface area contributed by atoms with E-state index >= 15 is 0 Å². The average molecular weight is 521 g/mol. The van der Waals surface area contributed by atoms with E-state index in [1.807, 2.05) is 19.9 Å². The molecule has 5 nitrogen and oxygen atoms in total. The van der Waals surface area contributed by atoms with Gasteiger partial charge in [0.1, 0.15) is 11.7 Å². The number of benzene rings is 2. The number of carbonyl (C=O) groups is 1. The molecule has 2 aromatic rings. The summed E-state index contributed by atoms with van der Waals surface area (Å²) in [6.45, 7) is 8.05. The van der Waals surface area contributed by atoms with Crippen LogP contribution in [0.1, 0.15) is 43.7 Å². The van der Waals surface area contributed by atoms with Crippen molar-refractivity contribution in [2.45, 2.75) is 43.5 Å². The van der Waals surface area contributed by atoms with Crippen molar-refractivity contribution in [1.29, 1.82) is 5.41 Å². The number of halogens is 1. The van der Waals surface area contributed by atoms with Crippen molar-refractivity contribution in [3.05, 3.63) is 101 Å². The number of nitrogens with zero attached hydrogens (tertiary/aromatic N) is 1. The summed E-state index contributed by atoms with van der Waals surface area (Å²) in [6, 6.07) is 14.5. The Morgan fingerprint density at radius 1 is 1.28 bits per heavy atom. The van der Waals surface area contributed by atoms with Gasteiger partial charge in [-0.25, -0.2) is 4.39 Å². The SMILES string of the molecule is C=C(/C=C\C(=N)SCC(=O)NC1=C2CC2c2ccccc2S1)NC(=NC(C)CC)c1ccc(F)cc1. The lowest BCUT2D eigenvalue weighted by Gasteiger charge is -2.16. The normalized spacial score (nSPS) is 17.3. The van der Waals surface area contributed by atoms with Gasteiger partial charge in [-0.05, 0) is 73.4 Å². The largest absolute Gasteiger partial charge is 0.341 e. The number of rotatable bonds is 9. The van der Waals surface area contributed by atoms with Crippen LogP contribution in [-0.2, 0) is 4.79 Å². The lowest BCUT2D eigenvalue weighted by atomic mass is 10.1. The van der Waals surface area contributed by atoms with E-state index in [0.717, 1.165) is 35.2 Å². The third kappa shape index (κ3) is 6.77. The zero-order valence-corrected chi connectivity index (χ0v) is 21.9. The van der Waals surface area contributed by atoms with Crippen LogP contribution in [0.2, 0.25) is 0 Å². The molecule has 0 spiro atoms. The molecule has 1 saturated carbocycles. The van der Waals surface area contributed by atoms with E-state index in [0.29, 0.717) is 17.5 Å². The summed E-state index contributed by atoms with van der Waals surface area (Å²) < 4.78 is 13.3. The predicted molar refractivity (Wildman–Crippen MR) is 149 cm³/mol. The fraction of sp³-hybridized carbons (Fsp3) is 0.250. The third-order valence-electron chi connectivity index (χ3n) is 5.87. The minimum Gasteiger partial charge on any atom is -0.341 e. The molecule has 0 bridgehead atoms. The lowest BCUT2D eigenvalue weighted by molar-refractivity contribution is -0.117. The zero-order valence-electron chi connectivity index (χ0n) is 20.3. The van der Waals surface area contributed by atoms with Gasteiger partial charge in [0.2, 0.25) is 5.91 Å². The predicted octanol–water partition coefficient (Wildman–Crippen LogP) is 6.36. The van der Waals surface area contributed by atoms with E-state index in [2.05, 4.69) is 40.4 Å². The molecule has 1 fully saturated rings. The van der Waals surface area contributed by atoms with E-state index in [1.165, 1.54) is 28.2 Å². The summed E-state index contributed by atoms with van der Waals surface area (Å²) >= 11 is 2.77. The van der Waals surface area contributed by atoms with E-state index in [-0.39, 0.29) is 28.6 Å². The second-order valence-electron chi connectivity index (χ2n) is 8.68. The summed E-state index contributed by atoms with van der Waals surface area (Å²) in [4.78, 5) is 18.4. The molecular weight excluding hydrogens is 491 g/mol. The number of thioether (sulfide) groups is 2. The van der Waals surface area contributed by atoms with Crippen molar-refractivity contribution in [1.82, 2.24) is 10.6 Å². The molecule has 3 N–H and O–H groups in total. The van der Waals surface area contributed by atoms with Gasteiger partial charge in [-0.2, -0.15) is 0 Å². The molecule has 4 rings (SSSR count). The van der Waals surface area contributed by atoms with Crippen LogP contribution in [0, 0.1) is 11.2 Å². The van der Waals surface area contributed by atoms with Crippen LogP contribution in [0.15, 0.2) is 93.4 Å². The molecule has 0 saturated heterocycles. The second kappa shape index (κ2) is 11.8. The zero-order chi connectivity index (χ0) is 25.7. The van der Waals surface area contributed by atoms with Crippen LogP contribution >= 0.6 is 23.5 Å². The van der Waals surface area contributed by atoms with Gasteiger partial charge < -0.3 is 10.6 Å². The number of aliphatic imine (C=N–C) groups is 1. The summed E-state index contributed by atoms with van der Waals surface area (Å²) in [7, 11) is 0. The topological polar surface area (TPSA) is 77.3 Å². The van der Waals surface area contributed by atoms with Crippen LogP contribution in [0.3, 0.4) is 0 Å². The van der Waals surface area contributed by atoms with Gasteiger partial charge in [0.25, 0.3) is 0 Å². The summed E-state index contributed by atoms with van der Waals surface area (Å²) in [5.74, 6) is 0.763. The van der Waals surface area contributed by atoms with Gasteiger partial charge in [0.15, 0.2) is 0 Å². The number of allylic oxidation sites excluding steroid dienone is 2. The number of hydrogen-bond acceptors (Lipinski definition) is 5. The number of amides is 1. The van der Waals surface area contributed by atoms with Gasteiger partial charge in [0, 0.05) is 28.1 Å². The Morgan fingerprint density at radius 2 is 2.03 bits per heavy atom. The second-order valence-corrected chi connectivity index (χ2v) is 10.7. The first kappa shape index (κ1) is 26.0. The number of hydrogen-bond donors (Lipinski definition) is 3. The molecule has 2 aliphatic rings. The molecule has 8 heteroatoms. The van der Waals surface area contributed by atoms with Gasteiger partial charge in [-0.3, -0.25) is 15.2 Å². The highest BCUT2D eigenvalue weighted by atomic mass is 32.2. The maximum absolute atomic E-state index is 13.3. The minimum atomic E-state index is -0.310. The first-order valence-corrected chi connectivity index (χ1v) is 13.6. The van der Waals surface area contributed by atoms with Crippen LogP contribution in [0.4, 0.5) is 4.39 Å². The van der Waals surface area contributed by atoms with Gasteiger partial charge in [0.05, 0.1) is 15.8 Å². The van der Waals surface area contributed by atoms with E-state index in [9.17, 15) is 9.18 Å². The standard InChI is InChI=1S/C28H29FN4OS2/c1-4-17(2)31-27(19-10-12-20(29)13-11-19)32-18(3)9-14-25(30)35-16-26(34)33-28-23-15-22(23)21-7-5-6-8-24(21)36-28/h5-14,17,22,30H,3-4,15-16H2,1-2H3,(H,31,32)(H,33,34)/b14-9-,30-25?. The van der Waals surface area contributed by atoms with E-state index < -0.39 is 0 Å². The number of amidine groups is 1. The molecule has 1 heterocycles. The van der Waals surface area contributed by atoms with Crippen molar-refractivity contribution >= 4 is 40.3 Å². The Kier molecular flexibility index (Phi) is 8.48. The smallest absolute Gasteiger partial charge is 0.235 e. The highest BCUT2D eigenvalue weighted by molar-refractivity contribution is 8.14. The molecule has 1 aliphatic carbocycles. The van der Waals surface area contributed by atoms with Gasteiger partial charge in [-0.1, -0.05) is 55.2 Å². The fourth-order valence-corrected chi connectivity index (χ4v) is 5.41. The van der Waals surface area contributed by atoms with Crippen LogP contribution in [0.25, 0.3) is 0 Å². The molecule has 1 aliphatic heterocycles. The summed E-state index contributed by atoms with van der Waals surface area (Å²) in [6.07, 6.45) is 5.14. The van der Waals surface area contributed by atoms with E-state index in [4.69, 9.17) is 5.41 Å². The fourth-order valence-electron chi connectivity index (χ4n) is 3.67. The highest BCUT2D eigenvalue weighted by Crippen LogP contribution is 2.57. The Morgan fingerprint density at radius 3 is 2.78 bits per heavy atom. The van der Waals surface area contributed by atoms with Crippen molar-refractivity contribution in [3.63, 3.8) is 0 Å². The van der Waals surface area contributed by atoms with Crippen LogP contribution < -0.4 is 10.6 Å². The van der Waals surface area contributed by atoms with Crippen molar-refractivity contribution < 1.29 is 9.18 Å². The Bertz CT molecular complexity index is 1270. The maximum Gasteiger partial charge on any atom is 0.235 e. The molecule has 186 valence electrons. The van der Waals surface area contributed by atoms with Crippen molar-refractivity contribution in [2.75, 3.05) is 5.75 Å².